The molecule has 0 aliphatic heterocycles. The van der Waals surface area contributed by atoms with E-state index in [1.807, 2.05) is 26.8 Å². The van der Waals surface area contributed by atoms with Gasteiger partial charge in [-0.1, -0.05) is 67.5 Å². The minimum atomic E-state index is -1.31. The van der Waals surface area contributed by atoms with Crippen LogP contribution in [0.4, 0.5) is 5.69 Å². The highest BCUT2D eigenvalue weighted by Crippen LogP contribution is 2.39. The van der Waals surface area contributed by atoms with E-state index in [-0.39, 0.29) is 0 Å². The average Bonchev–Trinajstić information content (AvgIpc) is 2.72. The second-order valence-corrected chi connectivity index (χ2v) is 7.85. The number of carboxylic acid groups (broad SMARTS) is 1. The molecule has 156 valence electrons. The number of halogens is 1. The lowest BCUT2D eigenvalue weighted by Crippen LogP contribution is -2.35. The molecule has 0 aromatic heterocycles. The number of aliphatic imine (C=N–C) groups is 1. The molecule has 1 amide bonds. The highest BCUT2D eigenvalue weighted by atomic mass is 35.5. The normalized spacial score (nSPS) is 13.0. The number of carboxylic acids is 1. The standard InChI is InChI=1S/C20H21ClN2O3S.C2H6/c1-4-23(13-24)19(22-17-11-10-16(21)12-14(17)2)27-20(3,18(25)26)15-8-6-5-7-9-15;1-2/h5-13H,4H2,1-3H3,(H,25,26);1-2H3. The first-order valence-electron chi connectivity index (χ1n) is 9.36. The quantitative estimate of drug-likeness (QED) is 0.350. The van der Waals surface area contributed by atoms with Gasteiger partial charge in [0.15, 0.2) is 5.17 Å². The van der Waals surface area contributed by atoms with Gasteiger partial charge >= 0.3 is 5.97 Å². The molecule has 0 spiro atoms. The van der Waals surface area contributed by atoms with Gasteiger partial charge < -0.3 is 5.11 Å². The molecule has 2 aromatic rings. The van der Waals surface area contributed by atoms with Gasteiger partial charge in [-0.3, -0.25) is 14.5 Å². The Morgan fingerprint density at radius 1 is 1.24 bits per heavy atom. The SMILES string of the molecule is CC.CCN(C=O)C(=Nc1ccc(Cl)cc1C)SC(C)(C(=O)O)c1ccccc1. The number of hydrogen-bond donors (Lipinski definition) is 1. The van der Waals surface area contributed by atoms with E-state index in [1.165, 1.54) is 4.90 Å². The molecule has 7 heteroatoms. The van der Waals surface area contributed by atoms with Crippen molar-refractivity contribution < 1.29 is 14.7 Å². The zero-order valence-electron chi connectivity index (χ0n) is 17.3. The number of amidine groups is 1. The number of thioether (sulfide) groups is 1. The molecule has 0 fully saturated rings. The predicted molar refractivity (Wildman–Crippen MR) is 122 cm³/mol. The lowest BCUT2D eigenvalue weighted by Gasteiger charge is -2.28. The summed E-state index contributed by atoms with van der Waals surface area (Å²) >= 11 is 7.03. The number of aryl methyl sites for hydroxylation is 1. The Balaban J connectivity index is 0.00000204. The zero-order valence-corrected chi connectivity index (χ0v) is 18.9. The largest absolute Gasteiger partial charge is 0.480 e. The lowest BCUT2D eigenvalue weighted by atomic mass is 10.0. The molecular formula is C22H27ClN2O3S. The number of rotatable bonds is 6. The molecule has 2 rings (SSSR count). The number of hydrogen-bond acceptors (Lipinski definition) is 4. The highest BCUT2D eigenvalue weighted by Gasteiger charge is 2.39. The van der Waals surface area contributed by atoms with Crippen LogP contribution in [0, 0.1) is 6.92 Å². The molecule has 0 saturated carbocycles. The van der Waals surface area contributed by atoms with Crippen molar-refractivity contribution in [2.24, 2.45) is 4.99 Å². The van der Waals surface area contributed by atoms with E-state index in [0.717, 1.165) is 17.3 Å². The van der Waals surface area contributed by atoms with Gasteiger partial charge in [-0.25, -0.2) is 4.99 Å². The van der Waals surface area contributed by atoms with Crippen molar-refractivity contribution in [2.75, 3.05) is 6.54 Å². The fourth-order valence-corrected chi connectivity index (χ4v) is 3.78. The van der Waals surface area contributed by atoms with Crippen LogP contribution in [-0.4, -0.2) is 34.1 Å². The summed E-state index contributed by atoms with van der Waals surface area (Å²) in [6, 6.07) is 14.1. The van der Waals surface area contributed by atoms with E-state index in [1.54, 1.807) is 56.3 Å². The summed E-state index contributed by atoms with van der Waals surface area (Å²) in [6.45, 7) is 9.64. The molecule has 5 nitrogen and oxygen atoms in total. The monoisotopic (exact) mass is 434 g/mol. The van der Waals surface area contributed by atoms with E-state index in [4.69, 9.17) is 11.6 Å². The van der Waals surface area contributed by atoms with Crippen molar-refractivity contribution >= 4 is 46.6 Å². The van der Waals surface area contributed by atoms with Gasteiger partial charge in [-0.15, -0.1) is 0 Å². The third-order valence-corrected chi connectivity index (χ3v) is 5.68. The lowest BCUT2D eigenvalue weighted by molar-refractivity contribution is -0.139. The van der Waals surface area contributed by atoms with Crippen molar-refractivity contribution in [3.8, 4) is 0 Å². The molecule has 0 aliphatic rings. The zero-order chi connectivity index (χ0) is 22.0. The maximum absolute atomic E-state index is 12.1. The maximum atomic E-state index is 12.1. The van der Waals surface area contributed by atoms with Gasteiger partial charge in [0, 0.05) is 11.6 Å². The topological polar surface area (TPSA) is 70.0 Å². The summed E-state index contributed by atoms with van der Waals surface area (Å²) in [5, 5.41) is 10.8. The van der Waals surface area contributed by atoms with Crippen LogP contribution in [0.5, 0.6) is 0 Å². The van der Waals surface area contributed by atoms with Crippen LogP contribution in [0.2, 0.25) is 5.02 Å². The van der Waals surface area contributed by atoms with E-state index in [2.05, 4.69) is 4.99 Å². The molecular weight excluding hydrogens is 408 g/mol. The Kier molecular flexibility index (Phi) is 9.92. The van der Waals surface area contributed by atoms with Crippen molar-refractivity contribution in [1.29, 1.82) is 0 Å². The number of carbonyl (C=O) groups is 2. The number of nitrogens with zero attached hydrogens (tertiary/aromatic N) is 2. The van der Waals surface area contributed by atoms with Crippen LogP contribution in [-0.2, 0) is 14.3 Å². The van der Waals surface area contributed by atoms with Crippen molar-refractivity contribution in [3.63, 3.8) is 0 Å². The molecule has 0 aliphatic carbocycles. The minimum absolute atomic E-state index is 0.312. The Labute approximate surface area is 181 Å². The van der Waals surface area contributed by atoms with Crippen molar-refractivity contribution in [3.05, 3.63) is 64.7 Å². The summed E-state index contributed by atoms with van der Waals surface area (Å²) in [4.78, 5) is 29.7. The Morgan fingerprint density at radius 3 is 2.34 bits per heavy atom. The molecule has 0 bridgehead atoms. The molecule has 0 saturated heterocycles. The van der Waals surface area contributed by atoms with E-state index < -0.39 is 10.7 Å². The molecule has 2 aromatic carbocycles. The van der Waals surface area contributed by atoms with Crippen molar-refractivity contribution in [1.82, 2.24) is 4.90 Å². The van der Waals surface area contributed by atoms with Gasteiger partial charge in [0.2, 0.25) is 6.41 Å². The smallest absolute Gasteiger partial charge is 0.324 e. The van der Waals surface area contributed by atoms with Gasteiger partial charge in [0.1, 0.15) is 4.75 Å². The summed E-state index contributed by atoms with van der Waals surface area (Å²) in [7, 11) is 0. The van der Waals surface area contributed by atoms with Crippen LogP contribution in [0.1, 0.15) is 38.8 Å². The minimum Gasteiger partial charge on any atom is -0.480 e. The van der Waals surface area contributed by atoms with E-state index in [9.17, 15) is 14.7 Å². The first-order chi connectivity index (χ1) is 13.8. The third-order valence-electron chi connectivity index (χ3n) is 4.12. The Morgan fingerprint density at radius 2 is 1.86 bits per heavy atom. The van der Waals surface area contributed by atoms with Gasteiger partial charge in [0.25, 0.3) is 0 Å². The summed E-state index contributed by atoms with van der Waals surface area (Å²) in [5.74, 6) is -1.01. The van der Waals surface area contributed by atoms with Crippen LogP contribution in [0.3, 0.4) is 0 Å². The molecule has 1 N–H and O–H groups in total. The van der Waals surface area contributed by atoms with Crippen LogP contribution in [0.25, 0.3) is 0 Å². The average molecular weight is 435 g/mol. The molecule has 0 heterocycles. The first kappa shape index (κ1) is 24.7. The number of benzene rings is 2. The maximum Gasteiger partial charge on any atom is 0.324 e. The molecule has 1 unspecified atom stereocenters. The predicted octanol–water partition coefficient (Wildman–Crippen LogP) is 5.87. The van der Waals surface area contributed by atoms with E-state index >= 15 is 0 Å². The number of amides is 1. The van der Waals surface area contributed by atoms with Gasteiger partial charge in [0.05, 0.1) is 5.69 Å². The van der Waals surface area contributed by atoms with Crippen LogP contribution in [0.15, 0.2) is 53.5 Å². The number of carbonyl (C=O) groups excluding carboxylic acids is 1. The van der Waals surface area contributed by atoms with Crippen molar-refractivity contribution in [2.45, 2.75) is 39.4 Å². The number of aliphatic carboxylic acids is 1. The van der Waals surface area contributed by atoms with E-state index in [0.29, 0.717) is 34.4 Å². The fourth-order valence-electron chi connectivity index (χ4n) is 2.41. The Hall–Kier alpha value is -2.31. The highest BCUT2D eigenvalue weighted by molar-refractivity contribution is 8.15. The third kappa shape index (κ3) is 6.34. The van der Waals surface area contributed by atoms with Gasteiger partial charge in [-0.05, 0) is 50.1 Å². The second kappa shape index (κ2) is 11.6. The molecule has 29 heavy (non-hydrogen) atoms. The Bertz CT molecular complexity index is 858. The molecule has 1 atom stereocenters. The second-order valence-electron chi connectivity index (χ2n) is 6.02. The van der Waals surface area contributed by atoms with Crippen LogP contribution < -0.4 is 0 Å². The van der Waals surface area contributed by atoms with Crippen LogP contribution >= 0.6 is 23.4 Å². The summed E-state index contributed by atoms with van der Waals surface area (Å²) in [5.41, 5.74) is 2.08. The summed E-state index contributed by atoms with van der Waals surface area (Å²) < 4.78 is -1.31. The summed E-state index contributed by atoms with van der Waals surface area (Å²) in [6.07, 6.45) is 0.657. The molecule has 0 radical (unpaired) electrons. The van der Waals surface area contributed by atoms with Gasteiger partial charge in [-0.2, -0.15) is 0 Å². The first-order valence-corrected chi connectivity index (χ1v) is 10.6. The fraction of sp³-hybridized carbons (Fsp3) is 0.318.